The van der Waals surface area contributed by atoms with Crippen LogP contribution >= 0.6 is 0 Å². The highest BCUT2D eigenvalue weighted by Crippen LogP contribution is 2.34. The number of ether oxygens (including phenoxy) is 4. The van der Waals surface area contributed by atoms with Crippen LogP contribution < -0.4 is 19.1 Å². The van der Waals surface area contributed by atoms with Crippen LogP contribution in [0.4, 0.5) is 0 Å². The van der Waals surface area contributed by atoms with E-state index in [0.717, 1.165) is 43.8 Å². The lowest BCUT2D eigenvalue weighted by Gasteiger charge is -2.29. The standard InChI is InChI=1S/C18H27NO5/c1-5-24-18(20)13-7-6-8-19(11-13)12-14-9-16(22-3)17(23-4)10-15(14)21-2/h9-10,13H,5-8,11-12H2,1-4H3/p+1/t13-/m0/s1. The molecule has 1 N–H and O–H groups in total. The number of hydrogen-bond acceptors (Lipinski definition) is 5. The first-order valence-electron chi connectivity index (χ1n) is 8.42. The van der Waals surface area contributed by atoms with E-state index in [1.165, 1.54) is 4.90 Å². The third-order valence-electron chi connectivity index (χ3n) is 4.46. The number of nitrogens with one attached hydrogen (secondary N) is 1. The van der Waals surface area contributed by atoms with E-state index < -0.39 is 0 Å². The summed E-state index contributed by atoms with van der Waals surface area (Å²) in [5, 5.41) is 0. The zero-order valence-corrected chi connectivity index (χ0v) is 15.0. The first kappa shape index (κ1) is 18.4. The number of hydrogen-bond donors (Lipinski definition) is 1. The summed E-state index contributed by atoms with van der Waals surface area (Å²) in [6, 6.07) is 3.80. The summed E-state index contributed by atoms with van der Waals surface area (Å²) in [5.41, 5.74) is 1.05. The number of quaternary nitrogens is 1. The minimum atomic E-state index is -0.0750. The highest BCUT2D eigenvalue weighted by atomic mass is 16.5. The van der Waals surface area contributed by atoms with Crippen molar-refractivity contribution in [2.24, 2.45) is 5.92 Å². The molecule has 1 aliphatic rings. The molecule has 134 valence electrons. The Morgan fingerprint density at radius 2 is 1.79 bits per heavy atom. The lowest BCUT2D eigenvalue weighted by atomic mass is 9.97. The van der Waals surface area contributed by atoms with E-state index in [1.807, 2.05) is 19.1 Å². The fraction of sp³-hybridized carbons (Fsp3) is 0.611. The van der Waals surface area contributed by atoms with Crippen LogP contribution in [-0.2, 0) is 16.1 Å². The number of methoxy groups -OCH3 is 3. The zero-order chi connectivity index (χ0) is 17.5. The molecule has 0 bridgehead atoms. The molecule has 2 atom stereocenters. The first-order valence-corrected chi connectivity index (χ1v) is 8.42. The number of carbonyl (C=O) groups is 1. The van der Waals surface area contributed by atoms with Gasteiger partial charge in [0.25, 0.3) is 0 Å². The minimum Gasteiger partial charge on any atom is -0.496 e. The number of benzene rings is 1. The molecule has 0 aromatic heterocycles. The molecule has 1 fully saturated rings. The van der Waals surface area contributed by atoms with Crippen molar-refractivity contribution in [1.82, 2.24) is 0 Å². The van der Waals surface area contributed by atoms with Gasteiger partial charge < -0.3 is 23.8 Å². The topological polar surface area (TPSA) is 58.4 Å². The Balaban J connectivity index is 2.13. The van der Waals surface area contributed by atoms with E-state index in [9.17, 15) is 4.79 Å². The van der Waals surface area contributed by atoms with E-state index >= 15 is 0 Å². The quantitative estimate of drug-likeness (QED) is 0.754. The molecule has 1 heterocycles. The number of rotatable bonds is 7. The van der Waals surface area contributed by atoms with Crippen LogP contribution in [0.25, 0.3) is 0 Å². The molecule has 1 aromatic rings. The van der Waals surface area contributed by atoms with Gasteiger partial charge in [-0.25, -0.2) is 0 Å². The van der Waals surface area contributed by atoms with Gasteiger partial charge in [-0.1, -0.05) is 0 Å². The van der Waals surface area contributed by atoms with Crippen LogP contribution in [0.1, 0.15) is 25.3 Å². The van der Waals surface area contributed by atoms with Crippen molar-refractivity contribution in [3.8, 4) is 17.2 Å². The predicted molar refractivity (Wildman–Crippen MR) is 89.9 cm³/mol. The van der Waals surface area contributed by atoms with Gasteiger partial charge in [-0.05, 0) is 25.8 Å². The normalized spacial score (nSPS) is 20.3. The average molecular weight is 338 g/mol. The maximum atomic E-state index is 12.0. The summed E-state index contributed by atoms with van der Waals surface area (Å²) in [5.74, 6) is 2.02. The molecule has 24 heavy (non-hydrogen) atoms. The lowest BCUT2D eigenvalue weighted by molar-refractivity contribution is -0.921. The van der Waals surface area contributed by atoms with Gasteiger partial charge in [0.2, 0.25) is 0 Å². The Morgan fingerprint density at radius 1 is 1.12 bits per heavy atom. The first-order chi connectivity index (χ1) is 11.6. The molecular formula is C18H28NO5+. The van der Waals surface area contributed by atoms with Crippen molar-refractivity contribution in [2.45, 2.75) is 26.3 Å². The molecule has 0 amide bonds. The molecular weight excluding hydrogens is 310 g/mol. The molecule has 1 saturated heterocycles. The minimum absolute atomic E-state index is 0.0140. The van der Waals surface area contributed by atoms with Gasteiger partial charge in [-0.3, -0.25) is 4.79 Å². The SMILES string of the molecule is CCOC(=O)[C@H]1CCC[NH+](Cc2cc(OC)c(OC)cc2OC)C1. The van der Waals surface area contributed by atoms with Crippen molar-refractivity contribution in [3.63, 3.8) is 0 Å². The molecule has 0 saturated carbocycles. The van der Waals surface area contributed by atoms with E-state index in [4.69, 9.17) is 18.9 Å². The number of carbonyl (C=O) groups excluding carboxylic acids is 1. The Kier molecular flexibility index (Phi) is 6.73. The van der Waals surface area contributed by atoms with Gasteiger partial charge in [0.15, 0.2) is 11.5 Å². The van der Waals surface area contributed by atoms with Crippen molar-refractivity contribution in [2.75, 3.05) is 41.0 Å². The summed E-state index contributed by atoms with van der Waals surface area (Å²) in [6.45, 7) is 4.89. The average Bonchev–Trinajstić information content (AvgIpc) is 2.61. The van der Waals surface area contributed by atoms with Gasteiger partial charge in [0.1, 0.15) is 18.2 Å². The number of esters is 1. The van der Waals surface area contributed by atoms with Crippen LogP contribution in [0.3, 0.4) is 0 Å². The Hall–Kier alpha value is -1.95. The molecule has 1 aromatic carbocycles. The molecule has 2 rings (SSSR count). The third-order valence-corrected chi connectivity index (χ3v) is 4.46. The molecule has 6 heteroatoms. The Bertz CT molecular complexity index is 561. The maximum absolute atomic E-state index is 12.0. The van der Waals surface area contributed by atoms with Crippen molar-refractivity contribution in [1.29, 1.82) is 0 Å². The molecule has 6 nitrogen and oxygen atoms in total. The van der Waals surface area contributed by atoms with Crippen LogP contribution in [0.5, 0.6) is 17.2 Å². The number of piperidine rings is 1. The fourth-order valence-corrected chi connectivity index (χ4v) is 3.27. The highest BCUT2D eigenvalue weighted by Gasteiger charge is 2.30. The zero-order valence-electron chi connectivity index (χ0n) is 15.0. The third kappa shape index (κ3) is 4.32. The van der Waals surface area contributed by atoms with Gasteiger partial charge in [-0.15, -0.1) is 0 Å². The highest BCUT2D eigenvalue weighted by molar-refractivity contribution is 5.72. The van der Waals surface area contributed by atoms with Crippen molar-refractivity contribution >= 4 is 5.97 Å². The van der Waals surface area contributed by atoms with Crippen molar-refractivity contribution in [3.05, 3.63) is 17.7 Å². The summed E-state index contributed by atoms with van der Waals surface area (Å²) >= 11 is 0. The second-order valence-electron chi connectivity index (χ2n) is 5.99. The van der Waals surface area contributed by atoms with E-state index in [-0.39, 0.29) is 11.9 Å². The van der Waals surface area contributed by atoms with Crippen LogP contribution in [0.2, 0.25) is 0 Å². The summed E-state index contributed by atoms with van der Waals surface area (Å²) < 4.78 is 21.4. The Morgan fingerprint density at radius 3 is 2.42 bits per heavy atom. The van der Waals surface area contributed by atoms with E-state index in [1.54, 1.807) is 21.3 Å². The van der Waals surface area contributed by atoms with Gasteiger partial charge >= 0.3 is 5.97 Å². The monoisotopic (exact) mass is 338 g/mol. The summed E-state index contributed by atoms with van der Waals surface area (Å²) in [6.07, 6.45) is 1.93. The predicted octanol–water partition coefficient (Wildman–Crippen LogP) is 1.07. The van der Waals surface area contributed by atoms with Gasteiger partial charge in [0.05, 0.1) is 46.6 Å². The maximum Gasteiger partial charge on any atom is 0.314 e. The second-order valence-corrected chi connectivity index (χ2v) is 5.99. The van der Waals surface area contributed by atoms with Gasteiger partial charge in [0, 0.05) is 6.07 Å². The van der Waals surface area contributed by atoms with E-state index in [2.05, 4.69) is 0 Å². The second kappa shape index (κ2) is 8.78. The summed E-state index contributed by atoms with van der Waals surface area (Å²) in [7, 11) is 4.88. The summed E-state index contributed by atoms with van der Waals surface area (Å²) in [4.78, 5) is 13.4. The number of likely N-dealkylation sites (tertiary alicyclic amines) is 1. The fourth-order valence-electron chi connectivity index (χ4n) is 3.27. The Labute approximate surface area is 143 Å². The van der Waals surface area contributed by atoms with Crippen LogP contribution in [0, 0.1) is 5.92 Å². The smallest absolute Gasteiger partial charge is 0.314 e. The van der Waals surface area contributed by atoms with Gasteiger partial charge in [-0.2, -0.15) is 0 Å². The molecule has 0 spiro atoms. The molecule has 1 aliphatic heterocycles. The lowest BCUT2D eigenvalue weighted by Crippen LogP contribution is -3.12. The van der Waals surface area contributed by atoms with E-state index in [0.29, 0.717) is 18.1 Å². The molecule has 0 aliphatic carbocycles. The van der Waals surface area contributed by atoms with Crippen LogP contribution in [0.15, 0.2) is 12.1 Å². The van der Waals surface area contributed by atoms with Crippen molar-refractivity contribution < 1.29 is 28.6 Å². The van der Waals surface area contributed by atoms with Crippen LogP contribution in [-0.4, -0.2) is 47.0 Å². The molecule has 1 unspecified atom stereocenters. The largest absolute Gasteiger partial charge is 0.496 e. The molecule has 0 radical (unpaired) electrons.